The van der Waals surface area contributed by atoms with E-state index in [4.69, 9.17) is 18.9 Å². The standard InChI is InChI=1S/C37H37N3O8S/c1-7-9-26-18-25(12-16-29(26)47-21-24-10-14-28(15-11-24)40(43)44)19-32-35(41)39-34(27-13-17-30(48-22(3)4)31(20-27)45-6)33(36(42)46-8-2)23(5)38-37(39)49-32/h7,10-20,22,34H,1,8-9,21H2,2-6H3/b32-19-/t34-/m1/s1. The molecular weight excluding hydrogens is 646 g/mol. The number of nitrogens with zero attached hydrogens (tertiary/aromatic N) is 3. The van der Waals surface area contributed by atoms with Crippen LogP contribution >= 0.6 is 11.3 Å². The minimum absolute atomic E-state index is 0.0122. The molecule has 0 aliphatic carbocycles. The molecule has 0 fully saturated rings. The topological polar surface area (TPSA) is 131 Å². The number of benzene rings is 3. The van der Waals surface area contributed by atoms with Gasteiger partial charge in [-0.25, -0.2) is 9.79 Å². The van der Waals surface area contributed by atoms with Gasteiger partial charge in [0.2, 0.25) is 0 Å². The molecule has 0 spiro atoms. The molecule has 0 saturated heterocycles. The molecular formula is C37H37N3O8S. The number of nitro groups is 1. The molecule has 49 heavy (non-hydrogen) atoms. The molecule has 2 heterocycles. The van der Waals surface area contributed by atoms with Crippen LogP contribution in [-0.2, 0) is 22.6 Å². The summed E-state index contributed by atoms with van der Waals surface area (Å²) in [6.45, 7) is 11.6. The van der Waals surface area contributed by atoms with Crippen LogP contribution in [0.1, 0.15) is 56.0 Å². The minimum Gasteiger partial charge on any atom is -0.493 e. The maximum atomic E-state index is 14.2. The van der Waals surface area contributed by atoms with Crippen LogP contribution in [0.15, 0.2) is 94.4 Å². The lowest BCUT2D eigenvalue weighted by atomic mass is 9.95. The van der Waals surface area contributed by atoms with Crippen molar-refractivity contribution in [2.75, 3.05) is 13.7 Å². The molecule has 0 bridgehead atoms. The normalized spacial score (nSPS) is 14.2. The van der Waals surface area contributed by atoms with E-state index < -0.39 is 16.9 Å². The van der Waals surface area contributed by atoms with E-state index in [1.165, 1.54) is 35.1 Å². The quantitative estimate of drug-likeness (QED) is 0.0747. The van der Waals surface area contributed by atoms with Gasteiger partial charge in [-0.3, -0.25) is 19.5 Å². The number of thiazole rings is 1. The van der Waals surface area contributed by atoms with Crippen molar-refractivity contribution in [3.63, 3.8) is 0 Å². The van der Waals surface area contributed by atoms with Gasteiger partial charge >= 0.3 is 5.97 Å². The van der Waals surface area contributed by atoms with E-state index in [9.17, 15) is 19.7 Å². The van der Waals surface area contributed by atoms with Gasteiger partial charge in [-0.15, -0.1) is 6.58 Å². The van der Waals surface area contributed by atoms with Gasteiger partial charge in [0, 0.05) is 12.1 Å². The number of hydrogen-bond acceptors (Lipinski definition) is 10. The molecule has 4 aromatic rings. The Balaban J connectivity index is 1.55. The van der Waals surface area contributed by atoms with Gasteiger partial charge in [-0.1, -0.05) is 29.5 Å². The first-order valence-electron chi connectivity index (χ1n) is 15.7. The van der Waals surface area contributed by atoms with Crippen molar-refractivity contribution in [2.45, 2.75) is 52.9 Å². The van der Waals surface area contributed by atoms with Crippen molar-refractivity contribution in [3.8, 4) is 17.2 Å². The number of fused-ring (bicyclic) bond motifs is 1. The number of non-ortho nitro benzene ring substituents is 1. The second-order valence-electron chi connectivity index (χ2n) is 11.5. The number of esters is 1. The van der Waals surface area contributed by atoms with Crippen LogP contribution in [0.5, 0.6) is 17.2 Å². The second kappa shape index (κ2) is 15.2. The Morgan fingerprint density at radius 1 is 1.10 bits per heavy atom. The first-order chi connectivity index (χ1) is 23.5. The molecule has 0 N–H and O–H groups in total. The number of aromatic nitrogens is 1. The molecule has 1 aliphatic rings. The lowest BCUT2D eigenvalue weighted by molar-refractivity contribution is -0.384. The maximum Gasteiger partial charge on any atom is 0.338 e. The monoisotopic (exact) mass is 683 g/mol. The molecule has 12 heteroatoms. The summed E-state index contributed by atoms with van der Waals surface area (Å²) in [6, 6.07) is 16.3. The summed E-state index contributed by atoms with van der Waals surface area (Å²) in [5, 5.41) is 11.0. The highest BCUT2D eigenvalue weighted by molar-refractivity contribution is 7.07. The summed E-state index contributed by atoms with van der Waals surface area (Å²) in [6.07, 6.45) is 3.98. The van der Waals surface area contributed by atoms with Crippen LogP contribution in [0.2, 0.25) is 0 Å². The molecule has 254 valence electrons. The number of methoxy groups -OCH3 is 1. The maximum absolute atomic E-state index is 14.2. The molecule has 11 nitrogen and oxygen atoms in total. The summed E-state index contributed by atoms with van der Waals surface area (Å²) in [5.41, 5.74) is 3.47. The van der Waals surface area contributed by atoms with E-state index in [0.717, 1.165) is 16.7 Å². The van der Waals surface area contributed by atoms with Crippen molar-refractivity contribution in [1.29, 1.82) is 0 Å². The minimum atomic E-state index is -0.814. The van der Waals surface area contributed by atoms with Gasteiger partial charge in [-0.05, 0) is 98.8 Å². The molecule has 5 rings (SSSR count). The predicted octanol–water partition coefficient (Wildman–Crippen LogP) is 5.81. The van der Waals surface area contributed by atoms with Crippen LogP contribution in [0.4, 0.5) is 5.69 Å². The number of nitro benzene ring substituents is 1. The number of carbonyl (C=O) groups is 1. The summed E-state index contributed by atoms with van der Waals surface area (Å²) < 4.78 is 25.0. The van der Waals surface area contributed by atoms with E-state index in [1.54, 1.807) is 50.3 Å². The molecule has 1 aliphatic heterocycles. The zero-order chi connectivity index (χ0) is 35.2. The largest absolute Gasteiger partial charge is 0.493 e. The third-order valence-electron chi connectivity index (χ3n) is 7.67. The predicted molar refractivity (Wildman–Crippen MR) is 187 cm³/mol. The van der Waals surface area contributed by atoms with Gasteiger partial charge < -0.3 is 18.9 Å². The molecule has 0 amide bonds. The first-order valence-corrected chi connectivity index (χ1v) is 16.5. The van der Waals surface area contributed by atoms with Crippen LogP contribution in [0.25, 0.3) is 6.08 Å². The fourth-order valence-corrected chi connectivity index (χ4v) is 6.53. The number of ether oxygens (including phenoxy) is 4. The van der Waals surface area contributed by atoms with E-state index in [-0.39, 0.29) is 36.1 Å². The zero-order valence-corrected chi connectivity index (χ0v) is 28.7. The third kappa shape index (κ3) is 7.65. The van der Waals surface area contributed by atoms with Gasteiger partial charge in [0.05, 0.1) is 46.6 Å². The van der Waals surface area contributed by atoms with Crippen LogP contribution < -0.4 is 29.1 Å². The third-order valence-corrected chi connectivity index (χ3v) is 8.65. The zero-order valence-electron chi connectivity index (χ0n) is 27.9. The molecule has 3 aromatic carbocycles. The van der Waals surface area contributed by atoms with Crippen LogP contribution in [0, 0.1) is 10.1 Å². The van der Waals surface area contributed by atoms with Gasteiger partial charge in [0.1, 0.15) is 12.4 Å². The van der Waals surface area contributed by atoms with E-state index in [2.05, 4.69) is 11.6 Å². The second-order valence-corrected chi connectivity index (χ2v) is 12.5. The molecule has 1 aromatic heterocycles. The van der Waals surface area contributed by atoms with Crippen molar-refractivity contribution in [2.24, 2.45) is 4.99 Å². The first kappa shape index (κ1) is 34.8. The Morgan fingerprint density at radius 3 is 2.49 bits per heavy atom. The Bertz CT molecular complexity index is 2110. The highest BCUT2D eigenvalue weighted by Gasteiger charge is 2.34. The van der Waals surface area contributed by atoms with Crippen LogP contribution in [-0.4, -0.2) is 35.3 Å². The molecule has 0 saturated carbocycles. The SMILES string of the molecule is C=CCc1cc(/C=c2\sc3n(c2=O)[C@H](c2ccc(OC(C)C)c(OC)c2)C(C(=O)OCC)=C(C)N=3)ccc1OCc1ccc([N+](=O)[O-])cc1. The lowest BCUT2D eigenvalue weighted by Gasteiger charge is -2.25. The number of rotatable bonds is 13. The summed E-state index contributed by atoms with van der Waals surface area (Å²) in [5.74, 6) is 1.09. The van der Waals surface area contributed by atoms with Gasteiger partial charge in [0.25, 0.3) is 11.2 Å². The molecule has 0 unspecified atom stereocenters. The van der Waals surface area contributed by atoms with Crippen LogP contribution in [0.3, 0.4) is 0 Å². The highest BCUT2D eigenvalue weighted by atomic mass is 32.1. The van der Waals surface area contributed by atoms with Crippen molar-refractivity contribution in [1.82, 2.24) is 4.57 Å². The van der Waals surface area contributed by atoms with Gasteiger partial charge in [-0.2, -0.15) is 0 Å². The average molecular weight is 684 g/mol. The Kier molecular flexibility index (Phi) is 10.8. The van der Waals surface area contributed by atoms with E-state index in [1.807, 2.05) is 38.1 Å². The highest BCUT2D eigenvalue weighted by Crippen LogP contribution is 2.36. The number of carbonyl (C=O) groups excluding carboxylic acids is 1. The van der Waals surface area contributed by atoms with E-state index in [0.29, 0.717) is 44.3 Å². The molecule has 0 radical (unpaired) electrons. The van der Waals surface area contributed by atoms with Crippen molar-refractivity contribution >= 4 is 29.1 Å². The van der Waals surface area contributed by atoms with Crippen molar-refractivity contribution in [3.05, 3.63) is 137 Å². The number of allylic oxidation sites excluding steroid dienone is 2. The van der Waals surface area contributed by atoms with E-state index >= 15 is 0 Å². The summed E-state index contributed by atoms with van der Waals surface area (Å²) >= 11 is 1.23. The summed E-state index contributed by atoms with van der Waals surface area (Å²) in [4.78, 5) is 43.2. The summed E-state index contributed by atoms with van der Waals surface area (Å²) in [7, 11) is 1.54. The molecule has 1 atom stereocenters. The average Bonchev–Trinajstić information content (AvgIpc) is 3.37. The Labute approximate surface area is 287 Å². The van der Waals surface area contributed by atoms with Gasteiger partial charge in [0.15, 0.2) is 16.3 Å². The Hall–Kier alpha value is -5.49. The number of hydrogen-bond donors (Lipinski definition) is 0. The van der Waals surface area contributed by atoms with Crippen molar-refractivity contribution < 1.29 is 28.7 Å². The lowest BCUT2D eigenvalue weighted by Crippen LogP contribution is -2.40. The Morgan fingerprint density at radius 2 is 1.84 bits per heavy atom. The fraction of sp³-hybridized carbons (Fsp3) is 0.270. The smallest absolute Gasteiger partial charge is 0.338 e. The fourth-order valence-electron chi connectivity index (χ4n) is 5.48.